The van der Waals surface area contributed by atoms with Gasteiger partial charge in [-0.1, -0.05) is 17.7 Å². The third-order valence-electron chi connectivity index (χ3n) is 3.18. The Morgan fingerprint density at radius 1 is 1.07 bits per heavy atom. The number of rotatable bonds is 4. The number of hydrogen-bond donors (Lipinski definition) is 3. The summed E-state index contributed by atoms with van der Waals surface area (Å²) in [6.07, 6.45) is 0. The van der Waals surface area contributed by atoms with Gasteiger partial charge in [-0.2, -0.15) is 0 Å². The average molecular weight is 426 g/mol. The molecule has 0 saturated carbocycles. The Kier molecular flexibility index (Phi) is 6.59. The van der Waals surface area contributed by atoms with Gasteiger partial charge in [0.25, 0.3) is 5.91 Å². The van der Waals surface area contributed by atoms with Crippen LogP contribution in [0, 0.1) is 0 Å². The zero-order valence-corrected chi connectivity index (χ0v) is 17.4. The van der Waals surface area contributed by atoms with Gasteiger partial charge in [0.2, 0.25) is 10.0 Å². The molecule has 0 saturated heterocycles. The second-order valence-corrected chi connectivity index (χ2v) is 9.33. The first-order chi connectivity index (χ1) is 12.5. The predicted molar refractivity (Wildman–Crippen MR) is 112 cm³/mol. The van der Waals surface area contributed by atoms with Gasteiger partial charge in [0, 0.05) is 21.8 Å². The van der Waals surface area contributed by atoms with Gasteiger partial charge in [0.15, 0.2) is 5.11 Å². The van der Waals surface area contributed by atoms with Crippen molar-refractivity contribution in [2.75, 3.05) is 5.32 Å². The smallest absolute Gasteiger partial charge is 0.257 e. The standard InChI is InChI=1S/C18H20ClN3O3S2/c1-18(2,3)22-27(24,25)15-9-7-14(8-10-15)20-17(26)21-16(23)12-5-4-6-13(19)11-12/h4-11,22H,1-3H3,(H2,20,21,23,26). The maximum absolute atomic E-state index is 12.3. The number of thiocarbonyl (C=S) groups is 1. The number of nitrogens with one attached hydrogen (secondary N) is 3. The summed E-state index contributed by atoms with van der Waals surface area (Å²) in [5.41, 5.74) is 0.338. The Balaban J connectivity index is 2.02. The molecule has 0 aliphatic heterocycles. The minimum absolute atomic E-state index is 0.0865. The number of carbonyl (C=O) groups is 1. The summed E-state index contributed by atoms with van der Waals surface area (Å²) < 4.78 is 27.2. The van der Waals surface area contributed by atoms with Crippen molar-refractivity contribution in [3.63, 3.8) is 0 Å². The monoisotopic (exact) mass is 425 g/mol. The second-order valence-electron chi connectivity index (χ2n) is 6.80. The third-order valence-corrected chi connectivity index (χ3v) is 5.39. The largest absolute Gasteiger partial charge is 0.332 e. The lowest BCUT2D eigenvalue weighted by atomic mass is 10.1. The van der Waals surface area contributed by atoms with Crippen LogP contribution in [0.5, 0.6) is 0 Å². The summed E-state index contributed by atoms with van der Waals surface area (Å²) >= 11 is 11.0. The average Bonchev–Trinajstić information content (AvgIpc) is 2.53. The fourth-order valence-corrected chi connectivity index (χ4v) is 3.97. The van der Waals surface area contributed by atoms with E-state index in [0.29, 0.717) is 16.3 Å². The van der Waals surface area contributed by atoms with Crippen LogP contribution in [-0.4, -0.2) is 25.0 Å². The molecule has 0 aromatic heterocycles. The molecule has 0 bridgehead atoms. The Morgan fingerprint density at radius 2 is 1.70 bits per heavy atom. The van der Waals surface area contributed by atoms with Crippen LogP contribution in [0.2, 0.25) is 5.02 Å². The molecular weight excluding hydrogens is 406 g/mol. The molecule has 0 fully saturated rings. The predicted octanol–water partition coefficient (Wildman–Crippen LogP) is 3.54. The molecule has 1 amide bonds. The van der Waals surface area contributed by atoms with E-state index in [1.807, 2.05) is 0 Å². The summed E-state index contributed by atoms with van der Waals surface area (Å²) in [4.78, 5) is 12.3. The Labute approximate surface area is 169 Å². The summed E-state index contributed by atoms with van der Waals surface area (Å²) in [7, 11) is -3.62. The topological polar surface area (TPSA) is 87.3 Å². The minimum Gasteiger partial charge on any atom is -0.332 e. The van der Waals surface area contributed by atoms with E-state index < -0.39 is 21.5 Å². The van der Waals surface area contributed by atoms with E-state index in [4.69, 9.17) is 23.8 Å². The van der Waals surface area contributed by atoms with E-state index in [2.05, 4.69) is 15.4 Å². The van der Waals surface area contributed by atoms with Gasteiger partial charge in [-0.15, -0.1) is 0 Å². The molecule has 0 spiro atoms. The number of sulfonamides is 1. The molecule has 2 rings (SSSR count). The van der Waals surface area contributed by atoms with Crippen LogP contribution in [0.25, 0.3) is 0 Å². The highest BCUT2D eigenvalue weighted by molar-refractivity contribution is 7.89. The molecular formula is C18H20ClN3O3S2. The molecule has 0 unspecified atom stereocenters. The minimum atomic E-state index is -3.62. The number of halogens is 1. The summed E-state index contributed by atoms with van der Waals surface area (Å²) in [6, 6.07) is 12.5. The van der Waals surface area contributed by atoms with Crippen LogP contribution < -0.4 is 15.4 Å². The first-order valence-electron chi connectivity index (χ1n) is 7.98. The first-order valence-corrected chi connectivity index (χ1v) is 10.3. The summed E-state index contributed by atoms with van der Waals surface area (Å²) in [5.74, 6) is -0.399. The Hall–Kier alpha value is -2.00. The van der Waals surface area contributed by atoms with E-state index in [-0.39, 0.29) is 10.0 Å². The molecule has 0 atom stereocenters. The van der Waals surface area contributed by atoms with Gasteiger partial charge in [-0.3, -0.25) is 10.1 Å². The molecule has 0 aliphatic carbocycles. The number of anilines is 1. The molecule has 27 heavy (non-hydrogen) atoms. The second kappa shape index (κ2) is 8.35. The van der Waals surface area contributed by atoms with Crippen LogP contribution in [0.15, 0.2) is 53.4 Å². The van der Waals surface area contributed by atoms with Gasteiger partial charge >= 0.3 is 0 Å². The van der Waals surface area contributed by atoms with Crippen LogP contribution >= 0.6 is 23.8 Å². The molecule has 0 aliphatic rings. The molecule has 0 heterocycles. The van der Waals surface area contributed by atoms with Crippen LogP contribution in [0.1, 0.15) is 31.1 Å². The summed E-state index contributed by atoms with van der Waals surface area (Å²) in [6.45, 7) is 5.30. The quantitative estimate of drug-likeness (QED) is 0.652. The zero-order valence-electron chi connectivity index (χ0n) is 15.0. The Bertz CT molecular complexity index is 953. The number of benzene rings is 2. The molecule has 2 aromatic carbocycles. The third kappa shape index (κ3) is 6.59. The zero-order chi connectivity index (χ0) is 20.2. The maximum Gasteiger partial charge on any atom is 0.257 e. The normalized spacial score (nSPS) is 11.7. The van der Waals surface area contributed by atoms with Crippen LogP contribution in [-0.2, 0) is 10.0 Å². The fourth-order valence-electron chi connectivity index (χ4n) is 2.15. The van der Waals surface area contributed by atoms with Crippen molar-refractivity contribution >= 4 is 50.5 Å². The van der Waals surface area contributed by atoms with Gasteiger partial charge in [0.05, 0.1) is 4.90 Å². The highest BCUT2D eigenvalue weighted by Gasteiger charge is 2.21. The van der Waals surface area contributed by atoms with E-state index in [1.54, 1.807) is 51.1 Å². The highest BCUT2D eigenvalue weighted by Crippen LogP contribution is 2.16. The molecule has 6 nitrogen and oxygen atoms in total. The van der Waals surface area contributed by atoms with Crippen molar-refractivity contribution < 1.29 is 13.2 Å². The highest BCUT2D eigenvalue weighted by atomic mass is 35.5. The molecule has 3 N–H and O–H groups in total. The maximum atomic E-state index is 12.3. The fraction of sp³-hybridized carbons (Fsp3) is 0.222. The molecule has 2 aromatic rings. The number of carbonyl (C=O) groups excluding carboxylic acids is 1. The van der Waals surface area contributed by atoms with Gasteiger partial charge in [0.1, 0.15) is 0 Å². The van der Waals surface area contributed by atoms with Crippen molar-refractivity contribution in [2.24, 2.45) is 0 Å². The lowest BCUT2D eigenvalue weighted by Gasteiger charge is -2.20. The van der Waals surface area contributed by atoms with Crippen molar-refractivity contribution in [3.05, 3.63) is 59.1 Å². The summed E-state index contributed by atoms with van der Waals surface area (Å²) in [5, 5.41) is 5.91. The van der Waals surface area contributed by atoms with E-state index in [9.17, 15) is 13.2 Å². The van der Waals surface area contributed by atoms with E-state index in [0.717, 1.165) is 0 Å². The van der Waals surface area contributed by atoms with Crippen molar-refractivity contribution in [2.45, 2.75) is 31.2 Å². The molecule has 0 radical (unpaired) electrons. The first kappa shape index (κ1) is 21.3. The van der Waals surface area contributed by atoms with Crippen molar-refractivity contribution in [3.8, 4) is 0 Å². The van der Waals surface area contributed by atoms with Crippen LogP contribution in [0.3, 0.4) is 0 Å². The molecule has 9 heteroatoms. The van der Waals surface area contributed by atoms with Gasteiger partial charge < -0.3 is 5.32 Å². The molecule has 144 valence electrons. The lowest BCUT2D eigenvalue weighted by molar-refractivity contribution is 0.0977. The number of hydrogen-bond acceptors (Lipinski definition) is 4. The number of amides is 1. The van der Waals surface area contributed by atoms with Gasteiger partial charge in [-0.05, 0) is 75.5 Å². The van der Waals surface area contributed by atoms with Crippen molar-refractivity contribution in [1.29, 1.82) is 0 Å². The van der Waals surface area contributed by atoms with E-state index in [1.165, 1.54) is 18.2 Å². The van der Waals surface area contributed by atoms with Crippen molar-refractivity contribution in [1.82, 2.24) is 10.0 Å². The van der Waals surface area contributed by atoms with Gasteiger partial charge in [-0.25, -0.2) is 13.1 Å². The lowest BCUT2D eigenvalue weighted by Crippen LogP contribution is -2.40. The van der Waals surface area contributed by atoms with E-state index >= 15 is 0 Å². The Morgan fingerprint density at radius 3 is 2.26 bits per heavy atom. The SMILES string of the molecule is CC(C)(C)NS(=O)(=O)c1ccc(NC(=S)NC(=O)c2cccc(Cl)c2)cc1. The van der Waals surface area contributed by atoms with Crippen LogP contribution in [0.4, 0.5) is 5.69 Å².